The van der Waals surface area contributed by atoms with Crippen molar-refractivity contribution in [2.24, 2.45) is 5.92 Å². The second-order valence-electron chi connectivity index (χ2n) is 12.0. The van der Waals surface area contributed by atoms with Crippen molar-refractivity contribution in [3.05, 3.63) is 98.5 Å². The van der Waals surface area contributed by atoms with Crippen LogP contribution in [0.25, 0.3) is 0 Å². The molecule has 1 fully saturated rings. The van der Waals surface area contributed by atoms with E-state index in [0.29, 0.717) is 32.8 Å². The number of methoxy groups -OCH3 is 2. The summed E-state index contributed by atoms with van der Waals surface area (Å²) >= 11 is 2.22. The zero-order valence-corrected chi connectivity index (χ0v) is 27.2. The summed E-state index contributed by atoms with van der Waals surface area (Å²) in [5, 5.41) is 2.60. The molecule has 3 amide bonds. The highest BCUT2D eigenvalue weighted by atomic mass is 32.2. The number of carbonyl (C=O) groups excluding carboxylic acids is 3. The third kappa shape index (κ3) is 5.66. The number of thiazole rings is 1. The van der Waals surface area contributed by atoms with E-state index in [1.807, 2.05) is 24.3 Å². The predicted molar refractivity (Wildman–Crippen MR) is 176 cm³/mol. The summed E-state index contributed by atoms with van der Waals surface area (Å²) in [6, 6.07) is 21.8. The Morgan fingerprint density at radius 3 is 2.02 bits per heavy atom. The fraction of sp³-hybridized carbons (Fsp3) is 0.294. The van der Waals surface area contributed by atoms with E-state index in [2.05, 4.69) is 26.1 Å². The van der Waals surface area contributed by atoms with Gasteiger partial charge in [0, 0.05) is 16.5 Å². The fourth-order valence-corrected chi connectivity index (χ4v) is 8.58. The molecule has 232 valence electrons. The van der Waals surface area contributed by atoms with E-state index in [1.165, 1.54) is 21.2 Å². The molecule has 0 saturated carbocycles. The predicted octanol–water partition coefficient (Wildman–Crippen LogP) is 5.66. The number of carbonyl (C=O) groups is 3. The van der Waals surface area contributed by atoms with E-state index in [-0.39, 0.29) is 34.6 Å². The number of thioether (sulfide) groups is 1. The van der Waals surface area contributed by atoms with Gasteiger partial charge in [-0.05, 0) is 65.1 Å². The number of anilines is 2. The molecule has 11 heteroatoms. The summed E-state index contributed by atoms with van der Waals surface area (Å²) in [7, 11) is 3.12. The van der Waals surface area contributed by atoms with Crippen LogP contribution >= 0.6 is 23.1 Å². The van der Waals surface area contributed by atoms with Crippen LogP contribution in [-0.4, -0.2) is 41.8 Å². The van der Waals surface area contributed by atoms with Gasteiger partial charge in [-0.2, -0.15) is 0 Å². The number of benzene rings is 3. The Morgan fingerprint density at radius 1 is 0.844 bits per heavy atom. The van der Waals surface area contributed by atoms with Crippen molar-refractivity contribution < 1.29 is 23.9 Å². The van der Waals surface area contributed by atoms with Gasteiger partial charge in [0.25, 0.3) is 0 Å². The lowest BCUT2D eigenvalue weighted by atomic mass is 9.81. The molecule has 0 bridgehead atoms. The molecule has 3 atom stereocenters. The van der Waals surface area contributed by atoms with E-state index in [4.69, 9.17) is 9.47 Å². The number of hydrogen-bond donors (Lipinski definition) is 1. The van der Waals surface area contributed by atoms with E-state index in [9.17, 15) is 19.2 Å². The molecule has 0 radical (unpaired) electrons. The molecule has 1 N–H and O–H groups in total. The highest BCUT2D eigenvalue weighted by Gasteiger charge is 2.56. The number of aromatic nitrogens is 1. The Bertz CT molecular complexity index is 1820. The second-order valence-corrected chi connectivity index (χ2v) is 14.1. The number of amides is 3. The lowest BCUT2D eigenvalue weighted by Gasteiger charge is -2.31. The van der Waals surface area contributed by atoms with Crippen molar-refractivity contribution in [2.75, 3.05) is 24.4 Å². The van der Waals surface area contributed by atoms with Crippen molar-refractivity contribution in [2.45, 2.75) is 48.9 Å². The first-order chi connectivity index (χ1) is 21.5. The zero-order chi connectivity index (χ0) is 32.0. The summed E-state index contributed by atoms with van der Waals surface area (Å²) in [5.41, 5.74) is 2.91. The maximum atomic E-state index is 14.2. The van der Waals surface area contributed by atoms with E-state index in [1.54, 1.807) is 62.8 Å². The van der Waals surface area contributed by atoms with Crippen molar-refractivity contribution in [3.63, 3.8) is 0 Å². The van der Waals surface area contributed by atoms with Crippen LogP contribution in [0.1, 0.15) is 42.7 Å². The van der Waals surface area contributed by atoms with Crippen LogP contribution in [0, 0.1) is 5.92 Å². The van der Waals surface area contributed by atoms with Gasteiger partial charge < -0.3 is 14.8 Å². The highest BCUT2D eigenvalue weighted by molar-refractivity contribution is 8.00. The summed E-state index contributed by atoms with van der Waals surface area (Å²) in [6.07, 6.45) is 0. The minimum atomic E-state index is -0.774. The number of rotatable bonds is 7. The van der Waals surface area contributed by atoms with Gasteiger partial charge >= 0.3 is 4.87 Å². The average molecular weight is 644 g/mol. The maximum Gasteiger partial charge on any atom is 0.308 e. The van der Waals surface area contributed by atoms with Crippen LogP contribution in [0.2, 0.25) is 0 Å². The largest absolute Gasteiger partial charge is 0.497 e. The highest BCUT2D eigenvalue weighted by Crippen LogP contribution is 2.54. The lowest BCUT2D eigenvalue weighted by molar-refractivity contribution is -0.122. The Morgan fingerprint density at radius 2 is 1.44 bits per heavy atom. The third-order valence-electron chi connectivity index (χ3n) is 8.19. The molecule has 3 aromatic carbocycles. The molecular weight excluding hydrogens is 611 g/mol. The molecule has 1 aromatic heterocycles. The van der Waals surface area contributed by atoms with Crippen LogP contribution in [0.15, 0.2) is 82.6 Å². The molecule has 6 rings (SSSR count). The molecule has 9 nitrogen and oxygen atoms in total. The Hall–Kier alpha value is -4.35. The van der Waals surface area contributed by atoms with Gasteiger partial charge in [0.2, 0.25) is 17.7 Å². The topological polar surface area (TPSA) is 107 Å². The summed E-state index contributed by atoms with van der Waals surface area (Å²) in [6.45, 7) is 6.15. The van der Waals surface area contributed by atoms with Crippen molar-refractivity contribution >= 4 is 52.2 Å². The van der Waals surface area contributed by atoms with Crippen LogP contribution in [0.4, 0.5) is 11.4 Å². The van der Waals surface area contributed by atoms with Gasteiger partial charge in [-0.1, -0.05) is 68.1 Å². The molecule has 2 aliphatic heterocycles. The van der Waals surface area contributed by atoms with Crippen LogP contribution in [0.3, 0.4) is 0 Å². The summed E-state index contributed by atoms with van der Waals surface area (Å²) in [4.78, 5) is 56.3. The molecule has 1 saturated heterocycles. The molecule has 0 spiro atoms. The molecule has 4 aromatic rings. The standard InChI is InChI=1S/C34H33N3O6S2/c1-34(2,3)20-8-6-19(7-9-20)26-27-28(31(40)37(30(27)39)22-12-16-24(43-5)17-13-22)44-32-29(26)45-33(41)36(32)18-25(38)35-21-10-14-23(42-4)15-11-21/h6-17,26-28H,18H2,1-5H3,(H,35,38)/t26-,27?,28?/m1/s1. The van der Waals surface area contributed by atoms with Crippen LogP contribution < -0.4 is 24.6 Å². The summed E-state index contributed by atoms with van der Waals surface area (Å²) in [5.74, 6) is -1.05. The minimum Gasteiger partial charge on any atom is -0.497 e. The minimum absolute atomic E-state index is 0.0790. The Balaban J connectivity index is 1.39. The first-order valence-electron chi connectivity index (χ1n) is 14.5. The van der Waals surface area contributed by atoms with E-state index < -0.39 is 17.1 Å². The number of ether oxygens (including phenoxy) is 2. The van der Waals surface area contributed by atoms with Crippen molar-refractivity contribution in [1.29, 1.82) is 0 Å². The molecule has 45 heavy (non-hydrogen) atoms. The SMILES string of the molecule is COc1ccc(NC(=O)Cn2c3c(sc2=O)[C@H](c2ccc(C(C)(C)C)cc2)C2C(=O)N(c4ccc(OC)cc4)C(=O)C2S3)cc1. The zero-order valence-electron chi connectivity index (χ0n) is 25.5. The van der Waals surface area contributed by atoms with Crippen molar-refractivity contribution in [1.82, 2.24) is 4.57 Å². The smallest absolute Gasteiger partial charge is 0.308 e. The first kappa shape index (κ1) is 30.7. The van der Waals surface area contributed by atoms with E-state index in [0.717, 1.165) is 22.5 Å². The normalized spacial score (nSPS) is 19.2. The second kappa shape index (κ2) is 11.9. The molecule has 2 aliphatic rings. The van der Waals surface area contributed by atoms with Gasteiger partial charge in [0.1, 0.15) is 23.3 Å². The summed E-state index contributed by atoms with van der Waals surface area (Å²) < 4.78 is 11.9. The molecule has 3 heterocycles. The first-order valence-corrected chi connectivity index (χ1v) is 16.2. The monoisotopic (exact) mass is 643 g/mol. The fourth-order valence-electron chi connectivity index (χ4n) is 5.81. The number of nitrogens with one attached hydrogen (secondary N) is 1. The van der Waals surface area contributed by atoms with Gasteiger partial charge in [0.05, 0.1) is 30.9 Å². The maximum absolute atomic E-state index is 14.2. The van der Waals surface area contributed by atoms with Gasteiger partial charge in [0.15, 0.2) is 0 Å². The lowest BCUT2D eigenvalue weighted by Crippen LogP contribution is -2.33. The Labute approximate surface area is 269 Å². The molecule has 2 unspecified atom stereocenters. The van der Waals surface area contributed by atoms with Gasteiger partial charge in [-0.3, -0.25) is 23.7 Å². The van der Waals surface area contributed by atoms with Crippen LogP contribution in [0.5, 0.6) is 11.5 Å². The molecular formula is C34H33N3O6S2. The average Bonchev–Trinajstić information content (AvgIpc) is 3.47. The number of hydrogen-bond acceptors (Lipinski definition) is 8. The quantitative estimate of drug-likeness (QED) is 0.259. The van der Waals surface area contributed by atoms with Gasteiger partial charge in [-0.15, -0.1) is 0 Å². The third-order valence-corrected chi connectivity index (χ3v) is 10.8. The van der Waals surface area contributed by atoms with Crippen molar-refractivity contribution in [3.8, 4) is 11.5 Å². The Kier molecular flexibility index (Phi) is 8.09. The number of nitrogens with zero attached hydrogens (tertiary/aromatic N) is 2. The van der Waals surface area contributed by atoms with Gasteiger partial charge in [-0.25, -0.2) is 4.90 Å². The number of imide groups is 1. The van der Waals surface area contributed by atoms with E-state index >= 15 is 0 Å². The number of fused-ring (bicyclic) bond motifs is 2. The van der Waals surface area contributed by atoms with Crippen LogP contribution in [-0.2, 0) is 26.3 Å². The molecule has 0 aliphatic carbocycles.